The molecule has 2 rings (SSSR count). The number of hydrogen-bond acceptors (Lipinski definition) is 4. The van der Waals surface area contributed by atoms with E-state index in [0.29, 0.717) is 11.2 Å². The van der Waals surface area contributed by atoms with Crippen LogP contribution >= 0.6 is 0 Å². The number of nitrogens with zero attached hydrogens (tertiary/aromatic N) is 1. The molecule has 0 aliphatic heterocycles. The largest absolute Gasteiger partial charge is 0.385 e. The summed E-state index contributed by atoms with van der Waals surface area (Å²) in [6.07, 6.45) is 1.08. The summed E-state index contributed by atoms with van der Waals surface area (Å²) in [6.45, 7) is 3.56. The number of benzene rings is 1. The van der Waals surface area contributed by atoms with Gasteiger partial charge in [-0.15, -0.1) is 0 Å². The topological polar surface area (TPSA) is 94.2 Å². The van der Waals surface area contributed by atoms with Crippen LogP contribution in [0.15, 0.2) is 35.1 Å². The summed E-state index contributed by atoms with van der Waals surface area (Å²) < 4.78 is 26.7. The number of rotatable bonds is 4. The summed E-state index contributed by atoms with van der Waals surface area (Å²) in [4.78, 5) is 12.5. The van der Waals surface area contributed by atoms with Crippen molar-refractivity contribution in [2.24, 2.45) is 0 Å². The predicted octanol–water partition coefficient (Wildman–Crippen LogP) is 0.912. The molecule has 6 nitrogen and oxygen atoms in total. The Morgan fingerprint density at radius 1 is 1.29 bits per heavy atom. The van der Waals surface area contributed by atoms with Gasteiger partial charge in [0, 0.05) is 17.5 Å². The molecule has 0 atom stereocenters. The maximum Gasteiger partial charge on any atom is 0.260 e. The standard InChI is InChI=1S/C14H19N3O3S/c1-14(2,16-21(3,19)20)9-17-12(15)8-10-6-4-5-7-11(10)13(17)18/h4-8,16H,9,15H2,1-3H3. The molecule has 0 saturated heterocycles. The molecule has 0 spiro atoms. The number of hydrogen-bond donors (Lipinski definition) is 2. The van der Waals surface area contributed by atoms with Crippen molar-refractivity contribution in [1.29, 1.82) is 0 Å². The Hall–Kier alpha value is -1.86. The Kier molecular flexibility index (Phi) is 3.81. The maximum absolute atomic E-state index is 12.5. The highest BCUT2D eigenvalue weighted by molar-refractivity contribution is 7.88. The van der Waals surface area contributed by atoms with Crippen molar-refractivity contribution in [1.82, 2.24) is 9.29 Å². The minimum Gasteiger partial charge on any atom is -0.385 e. The first-order chi connectivity index (χ1) is 9.59. The van der Waals surface area contributed by atoms with Crippen molar-refractivity contribution < 1.29 is 8.42 Å². The lowest BCUT2D eigenvalue weighted by atomic mass is 10.1. The molecule has 114 valence electrons. The van der Waals surface area contributed by atoms with Gasteiger partial charge >= 0.3 is 0 Å². The van der Waals surface area contributed by atoms with E-state index in [-0.39, 0.29) is 12.1 Å². The molecule has 1 aromatic heterocycles. The SMILES string of the molecule is CC(C)(Cn1c(N)cc2ccccc2c1=O)NS(C)(=O)=O. The second-order valence-corrected chi connectivity index (χ2v) is 7.55. The fourth-order valence-electron chi connectivity index (χ4n) is 2.41. The first-order valence-electron chi connectivity index (χ1n) is 6.46. The summed E-state index contributed by atoms with van der Waals surface area (Å²) in [7, 11) is -3.38. The molecular formula is C14H19N3O3S. The molecule has 0 saturated carbocycles. The number of fused-ring (bicyclic) bond motifs is 1. The Labute approximate surface area is 123 Å². The normalized spacial score (nSPS) is 12.7. The third-order valence-electron chi connectivity index (χ3n) is 3.07. The molecule has 0 amide bonds. The summed E-state index contributed by atoms with van der Waals surface area (Å²) in [6, 6.07) is 8.88. The third kappa shape index (κ3) is 3.62. The molecule has 21 heavy (non-hydrogen) atoms. The van der Waals surface area contributed by atoms with Crippen LogP contribution in [0.3, 0.4) is 0 Å². The van der Waals surface area contributed by atoms with Gasteiger partial charge < -0.3 is 5.73 Å². The monoisotopic (exact) mass is 309 g/mol. The van der Waals surface area contributed by atoms with Crippen molar-refractivity contribution in [2.45, 2.75) is 25.9 Å². The van der Waals surface area contributed by atoms with Gasteiger partial charge in [-0.25, -0.2) is 13.1 Å². The minimum atomic E-state index is -3.38. The zero-order chi connectivity index (χ0) is 15.8. The fourth-order valence-corrected chi connectivity index (χ4v) is 3.48. The van der Waals surface area contributed by atoms with Crippen molar-refractivity contribution in [3.05, 3.63) is 40.7 Å². The number of aromatic nitrogens is 1. The highest BCUT2D eigenvalue weighted by Gasteiger charge is 2.24. The quantitative estimate of drug-likeness (QED) is 0.878. The lowest BCUT2D eigenvalue weighted by Crippen LogP contribution is -2.48. The van der Waals surface area contributed by atoms with Crippen LogP contribution in [0.2, 0.25) is 0 Å². The van der Waals surface area contributed by atoms with E-state index < -0.39 is 15.6 Å². The van der Waals surface area contributed by atoms with Gasteiger partial charge in [-0.05, 0) is 31.4 Å². The van der Waals surface area contributed by atoms with Gasteiger partial charge in [-0.1, -0.05) is 18.2 Å². The van der Waals surface area contributed by atoms with E-state index in [9.17, 15) is 13.2 Å². The van der Waals surface area contributed by atoms with Gasteiger partial charge in [0.1, 0.15) is 5.82 Å². The van der Waals surface area contributed by atoms with Crippen molar-refractivity contribution in [3.63, 3.8) is 0 Å². The smallest absolute Gasteiger partial charge is 0.260 e. The fraction of sp³-hybridized carbons (Fsp3) is 0.357. The molecule has 1 aromatic carbocycles. The third-order valence-corrected chi connectivity index (χ3v) is 3.99. The van der Waals surface area contributed by atoms with Gasteiger partial charge in [0.15, 0.2) is 0 Å². The molecule has 3 N–H and O–H groups in total. The lowest BCUT2D eigenvalue weighted by molar-refractivity contribution is 0.389. The second-order valence-electron chi connectivity index (χ2n) is 5.81. The van der Waals surface area contributed by atoms with Gasteiger partial charge in [0.2, 0.25) is 10.0 Å². The predicted molar refractivity (Wildman–Crippen MR) is 84.7 cm³/mol. The molecule has 0 aliphatic rings. The van der Waals surface area contributed by atoms with E-state index in [4.69, 9.17) is 5.73 Å². The Bertz CT molecular complexity index is 838. The molecular weight excluding hydrogens is 290 g/mol. The van der Waals surface area contributed by atoms with Crippen LogP contribution in [0.25, 0.3) is 10.8 Å². The van der Waals surface area contributed by atoms with Crippen LogP contribution in [0, 0.1) is 0 Å². The number of pyridine rings is 1. The number of anilines is 1. The molecule has 0 fully saturated rings. The molecule has 2 aromatic rings. The number of nitrogens with two attached hydrogens (primary N) is 1. The molecule has 1 heterocycles. The van der Waals surface area contributed by atoms with E-state index in [2.05, 4.69) is 4.72 Å². The number of nitrogen functional groups attached to an aromatic ring is 1. The second kappa shape index (κ2) is 5.16. The van der Waals surface area contributed by atoms with Crippen LogP contribution < -0.4 is 16.0 Å². The molecule has 0 aliphatic carbocycles. The zero-order valence-corrected chi connectivity index (χ0v) is 13.1. The van der Waals surface area contributed by atoms with E-state index >= 15 is 0 Å². The molecule has 0 radical (unpaired) electrons. The summed E-state index contributed by atoms with van der Waals surface area (Å²) >= 11 is 0. The van der Waals surface area contributed by atoms with E-state index in [1.54, 1.807) is 32.0 Å². The van der Waals surface area contributed by atoms with Gasteiger partial charge in [-0.2, -0.15) is 0 Å². The first-order valence-corrected chi connectivity index (χ1v) is 8.35. The van der Waals surface area contributed by atoms with Crippen molar-refractivity contribution in [3.8, 4) is 0 Å². The summed E-state index contributed by atoms with van der Waals surface area (Å²) in [5.41, 5.74) is 4.89. The molecule has 0 bridgehead atoms. The summed E-state index contributed by atoms with van der Waals surface area (Å²) in [5.74, 6) is 0.307. The highest BCUT2D eigenvalue weighted by atomic mass is 32.2. The lowest BCUT2D eigenvalue weighted by Gasteiger charge is -2.27. The highest BCUT2D eigenvalue weighted by Crippen LogP contribution is 2.16. The number of sulfonamides is 1. The minimum absolute atomic E-state index is 0.148. The van der Waals surface area contributed by atoms with Crippen LogP contribution in [0.4, 0.5) is 5.82 Å². The number of nitrogens with one attached hydrogen (secondary N) is 1. The van der Waals surface area contributed by atoms with Gasteiger partial charge in [0.05, 0.1) is 6.26 Å². The van der Waals surface area contributed by atoms with E-state index in [0.717, 1.165) is 11.6 Å². The van der Waals surface area contributed by atoms with E-state index in [1.165, 1.54) is 4.57 Å². The van der Waals surface area contributed by atoms with Crippen molar-refractivity contribution in [2.75, 3.05) is 12.0 Å². The van der Waals surface area contributed by atoms with Crippen LogP contribution in [-0.4, -0.2) is 24.8 Å². The molecule has 7 heteroatoms. The summed E-state index contributed by atoms with van der Waals surface area (Å²) in [5, 5.41) is 1.33. The van der Waals surface area contributed by atoms with Crippen LogP contribution in [0.1, 0.15) is 13.8 Å². The molecule has 0 unspecified atom stereocenters. The van der Waals surface area contributed by atoms with Gasteiger partial charge in [0.25, 0.3) is 5.56 Å². The zero-order valence-electron chi connectivity index (χ0n) is 12.3. The van der Waals surface area contributed by atoms with Crippen LogP contribution in [0.5, 0.6) is 0 Å². The Morgan fingerprint density at radius 2 is 1.90 bits per heavy atom. The first kappa shape index (κ1) is 15.5. The van der Waals surface area contributed by atoms with E-state index in [1.807, 2.05) is 12.1 Å². The average molecular weight is 309 g/mol. The average Bonchev–Trinajstić information content (AvgIpc) is 2.31. The van der Waals surface area contributed by atoms with Crippen molar-refractivity contribution >= 4 is 26.6 Å². The van der Waals surface area contributed by atoms with Gasteiger partial charge in [-0.3, -0.25) is 9.36 Å². The Balaban J connectivity index is 2.50. The maximum atomic E-state index is 12.5. The Morgan fingerprint density at radius 3 is 2.52 bits per heavy atom. The van der Waals surface area contributed by atoms with Crippen LogP contribution in [-0.2, 0) is 16.6 Å².